The van der Waals surface area contributed by atoms with Gasteiger partial charge in [-0.2, -0.15) is 0 Å². The normalized spacial score (nSPS) is 11.9. The Labute approximate surface area is 126 Å². The first-order valence-corrected chi connectivity index (χ1v) is 7.42. The zero-order valence-corrected chi connectivity index (χ0v) is 12.8. The van der Waals surface area contributed by atoms with E-state index in [1.165, 1.54) is 0 Å². The number of rotatable bonds is 5. The molecule has 1 unspecified atom stereocenters. The summed E-state index contributed by atoms with van der Waals surface area (Å²) in [6, 6.07) is 7.07. The van der Waals surface area contributed by atoms with Gasteiger partial charge in [0.2, 0.25) is 0 Å². The van der Waals surface area contributed by atoms with Crippen molar-refractivity contribution in [1.29, 1.82) is 0 Å². The first kappa shape index (κ1) is 14.8. The molecule has 0 saturated carbocycles. The van der Waals surface area contributed by atoms with Crippen molar-refractivity contribution >= 4 is 28.8 Å². The van der Waals surface area contributed by atoms with Crippen LogP contribution in [-0.4, -0.2) is 17.0 Å². The summed E-state index contributed by atoms with van der Waals surface area (Å²) in [6.45, 7) is 4.02. The molecule has 0 aliphatic carbocycles. The average molecular weight is 311 g/mol. The summed E-state index contributed by atoms with van der Waals surface area (Å²) in [4.78, 5) is 16.2. The molecule has 0 aliphatic rings. The maximum Gasteiger partial charge on any atom is 0.261 e. The van der Waals surface area contributed by atoms with Crippen molar-refractivity contribution in [2.45, 2.75) is 26.5 Å². The van der Waals surface area contributed by atoms with E-state index in [1.807, 2.05) is 24.4 Å². The van der Waals surface area contributed by atoms with Crippen molar-refractivity contribution < 1.29 is 9.53 Å². The van der Waals surface area contributed by atoms with Crippen LogP contribution in [-0.2, 0) is 11.3 Å². The molecule has 1 heterocycles. The zero-order chi connectivity index (χ0) is 14.5. The Morgan fingerprint density at radius 1 is 1.50 bits per heavy atom. The van der Waals surface area contributed by atoms with Crippen LogP contribution in [0.1, 0.15) is 17.6 Å². The van der Waals surface area contributed by atoms with Gasteiger partial charge in [-0.05, 0) is 26.0 Å². The summed E-state index contributed by atoms with van der Waals surface area (Å²) < 4.78 is 5.54. The van der Waals surface area contributed by atoms with Gasteiger partial charge in [-0.1, -0.05) is 23.7 Å². The molecule has 1 amide bonds. The SMILES string of the molecule is Cc1nc(CNC(=O)C(C)Oc2ccccc2Cl)cs1. The second-order valence-electron chi connectivity index (χ2n) is 4.27. The van der Waals surface area contributed by atoms with E-state index in [4.69, 9.17) is 16.3 Å². The number of halogens is 1. The summed E-state index contributed by atoms with van der Waals surface area (Å²) in [5.41, 5.74) is 0.853. The Morgan fingerprint density at radius 3 is 2.90 bits per heavy atom. The van der Waals surface area contributed by atoms with Crippen LogP contribution in [0.4, 0.5) is 0 Å². The van der Waals surface area contributed by atoms with Gasteiger partial charge in [-0.3, -0.25) is 4.79 Å². The van der Waals surface area contributed by atoms with Gasteiger partial charge in [0.25, 0.3) is 5.91 Å². The lowest BCUT2D eigenvalue weighted by molar-refractivity contribution is -0.127. The maximum absolute atomic E-state index is 11.9. The second kappa shape index (κ2) is 6.72. The number of para-hydroxylation sites is 1. The number of hydrogen-bond acceptors (Lipinski definition) is 4. The highest BCUT2D eigenvalue weighted by molar-refractivity contribution is 7.09. The van der Waals surface area contributed by atoms with E-state index < -0.39 is 6.10 Å². The van der Waals surface area contributed by atoms with Gasteiger partial charge in [0.15, 0.2) is 6.10 Å². The third-order valence-electron chi connectivity index (χ3n) is 2.62. The molecular weight excluding hydrogens is 296 g/mol. The minimum Gasteiger partial charge on any atom is -0.479 e. The van der Waals surface area contributed by atoms with E-state index in [9.17, 15) is 4.79 Å². The van der Waals surface area contributed by atoms with Gasteiger partial charge in [0.1, 0.15) is 5.75 Å². The van der Waals surface area contributed by atoms with Crippen LogP contribution in [0.2, 0.25) is 5.02 Å². The number of ether oxygens (including phenoxy) is 1. The average Bonchev–Trinajstić information content (AvgIpc) is 2.84. The minimum absolute atomic E-state index is 0.199. The summed E-state index contributed by atoms with van der Waals surface area (Å²) in [7, 11) is 0. The number of benzene rings is 1. The topological polar surface area (TPSA) is 51.2 Å². The molecule has 1 atom stereocenters. The van der Waals surface area contributed by atoms with E-state index >= 15 is 0 Å². The lowest BCUT2D eigenvalue weighted by Crippen LogP contribution is -2.36. The van der Waals surface area contributed by atoms with Crippen molar-refractivity contribution in [3.8, 4) is 5.75 Å². The number of carbonyl (C=O) groups excluding carboxylic acids is 1. The minimum atomic E-state index is -0.616. The Balaban J connectivity index is 1.87. The van der Waals surface area contributed by atoms with Crippen molar-refractivity contribution in [1.82, 2.24) is 10.3 Å². The van der Waals surface area contributed by atoms with Crippen LogP contribution in [0.5, 0.6) is 5.75 Å². The molecule has 2 rings (SSSR count). The lowest BCUT2D eigenvalue weighted by Gasteiger charge is -2.15. The van der Waals surface area contributed by atoms with Crippen LogP contribution in [0.25, 0.3) is 0 Å². The van der Waals surface area contributed by atoms with Crippen LogP contribution >= 0.6 is 22.9 Å². The summed E-state index contributed by atoms with van der Waals surface area (Å²) in [6.07, 6.45) is -0.616. The molecule has 1 aromatic carbocycles. The van der Waals surface area contributed by atoms with E-state index in [0.717, 1.165) is 10.7 Å². The van der Waals surface area contributed by atoms with Crippen LogP contribution in [0, 0.1) is 6.92 Å². The molecule has 2 aromatic rings. The zero-order valence-electron chi connectivity index (χ0n) is 11.2. The van der Waals surface area contributed by atoms with Crippen molar-refractivity contribution in [2.75, 3.05) is 0 Å². The second-order valence-corrected chi connectivity index (χ2v) is 5.74. The Kier molecular flexibility index (Phi) is 4.98. The number of amides is 1. The van der Waals surface area contributed by atoms with Gasteiger partial charge in [0.05, 0.1) is 22.3 Å². The van der Waals surface area contributed by atoms with Crippen molar-refractivity contribution in [3.63, 3.8) is 0 Å². The molecule has 0 saturated heterocycles. The lowest BCUT2D eigenvalue weighted by atomic mass is 10.3. The molecule has 0 aliphatic heterocycles. The van der Waals surface area contributed by atoms with E-state index in [-0.39, 0.29) is 5.91 Å². The van der Waals surface area contributed by atoms with Crippen LogP contribution < -0.4 is 10.1 Å². The fourth-order valence-corrected chi connectivity index (χ4v) is 2.39. The quantitative estimate of drug-likeness (QED) is 0.922. The Morgan fingerprint density at radius 2 is 2.25 bits per heavy atom. The van der Waals surface area contributed by atoms with Crippen molar-refractivity contribution in [3.05, 3.63) is 45.4 Å². The number of aryl methyl sites for hydroxylation is 1. The molecule has 20 heavy (non-hydrogen) atoms. The molecule has 0 fully saturated rings. The third-order valence-corrected chi connectivity index (χ3v) is 3.75. The molecular formula is C14H15ClN2O2S. The van der Waals surface area contributed by atoms with E-state index in [2.05, 4.69) is 10.3 Å². The van der Waals surface area contributed by atoms with Gasteiger partial charge in [-0.15, -0.1) is 11.3 Å². The molecule has 0 radical (unpaired) electrons. The smallest absolute Gasteiger partial charge is 0.261 e. The van der Waals surface area contributed by atoms with Crippen LogP contribution in [0.3, 0.4) is 0 Å². The van der Waals surface area contributed by atoms with E-state index in [1.54, 1.807) is 30.4 Å². The molecule has 0 spiro atoms. The number of hydrogen-bond donors (Lipinski definition) is 1. The highest BCUT2D eigenvalue weighted by Gasteiger charge is 2.15. The predicted octanol–water partition coefficient (Wildman–Crippen LogP) is 3.19. The number of nitrogens with one attached hydrogen (secondary N) is 1. The first-order chi connectivity index (χ1) is 9.56. The Hall–Kier alpha value is -1.59. The van der Waals surface area contributed by atoms with Crippen molar-refractivity contribution in [2.24, 2.45) is 0 Å². The highest BCUT2D eigenvalue weighted by Crippen LogP contribution is 2.24. The third kappa shape index (κ3) is 3.95. The maximum atomic E-state index is 11.9. The van der Waals surface area contributed by atoms with Crippen LogP contribution in [0.15, 0.2) is 29.6 Å². The molecule has 106 valence electrons. The Bertz CT molecular complexity index is 600. The fourth-order valence-electron chi connectivity index (χ4n) is 1.60. The molecule has 1 N–H and O–H groups in total. The van der Waals surface area contributed by atoms with Gasteiger partial charge >= 0.3 is 0 Å². The summed E-state index contributed by atoms with van der Waals surface area (Å²) >= 11 is 7.54. The number of thiazole rings is 1. The standard InChI is InChI=1S/C14H15ClN2O2S/c1-9(19-13-6-4-3-5-12(13)15)14(18)16-7-11-8-20-10(2)17-11/h3-6,8-9H,7H2,1-2H3,(H,16,18). The molecule has 6 heteroatoms. The fraction of sp³-hybridized carbons (Fsp3) is 0.286. The highest BCUT2D eigenvalue weighted by atomic mass is 35.5. The number of nitrogens with zero attached hydrogens (tertiary/aromatic N) is 1. The first-order valence-electron chi connectivity index (χ1n) is 6.16. The molecule has 1 aromatic heterocycles. The number of carbonyl (C=O) groups is 1. The van der Waals surface area contributed by atoms with Gasteiger partial charge in [0, 0.05) is 5.38 Å². The largest absolute Gasteiger partial charge is 0.479 e. The van der Waals surface area contributed by atoms with E-state index in [0.29, 0.717) is 17.3 Å². The summed E-state index contributed by atoms with van der Waals surface area (Å²) in [5, 5.41) is 6.18. The molecule has 4 nitrogen and oxygen atoms in total. The summed E-state index contributed by atoms with van der Waals surface area (Å²) in [5.74, 6) is 0.303. The van der Waals surface area contributed by atoms with Gasteiger partial charge < -0.3 is 10.1 Å². The van der Waals surface area contributed by atoms with Gasteiger partial charge in [-0.25, -0.2) is 4.98 Å². The predicted molar refractivity (Wildman–Crippen MR) is 80.2 cm³/mol. The molecule has 0 bridgehead atoms. The monoisotopic (exact) mass is 310 g/mol. The number of aromatic nitrogens is 1.